The van der Waals surface area contributed by atoms with Gasteiger partial charge >= 0.3 is 0 Å². The van der Waals surface area contributed by atoms with Gasteiger partial charge in [0.05, 0.1) is 13.2 Å². The van der Waals surface area contributed by atoms with E-state index < -0.39 is 5.79 Å². The van der Waals surface area contributed by atoms with E-state index in [2.05, 4.69) is 6.07 Å². The smallest absolute Gasteiger partial charge is 0.187 e. The molecule has 0 bridgehead atoms. The summed E-state index contributed by atoms with van der Waals surface area (Å²) in [7, 11) is 1.67. The van der Waals surface area contributed by atoms with Crippen molar-refractivity contribution in [3.8, 4) is 11.5 Å². The molecule has 2 fully saturated rings. The van der Waals surface area contributed by atoms with Crippen molar-refractivity contribution in [1.82, 2.24) is 0 Å². The minimum Gasteiger partial charge on any atom is -0.493 e. The van der Waals surface area contributed by atoms with E-state index in [0.29, 0.717) is 6.61 Å². The van der Waals surface area contributed by atoms with E-state index in [-0.39, 0.29) is 18.5 Å². The number of rotatable bonds is 7. The minimum absolute atomic E-state index is 0.0447. The Morgan fingerprint density at radius 3 is 2.57 bits per heavy atom. The number of ether oxygens (including phenoxy) is 5. The fraction of sp³-hybridized carbons (Fsp3) is 0.478. The standard InChI is InChI=1S/C23H28O5/c1-23(2)27-21-14-18(26-22(21)28-23)11-9-16-10-12-19(20(13-16)24-3)25-15-17-7-5-4-6-8-17/h4-8,10,12-13,18,21-22H,9,11,14-15H2,1-3H3/t18-,21-,22-/m1/s1. The Labute approximate surface area is 166 Å². The third kappa shape index (κ3) is 4.49. The van der Waals surface area contributed by atoms with Crippen LogP contribution in [-0.2, 0) is 27.2 Å². The van der Waals surface area contributed by atoms with Crippen LogP contribution in [0.1, 0.15) is 37.8 Å². The van der Waals surface area contributed by atoms with Gasteiger partial charge in [-0.1, -0.05) is 36.4 Å². The molecular formula is C23H28O5. The molecule has 150 valence electrons. The number of hydrogen-bond acceptors (Lipinski definition) is 5. The molecule has 2 aromatic carbocycles. The van der Waals surface area contributed by atoms with Gasteiger partial charge in [0.2, 0.25) is 0 Å². The molecule has 2 aliphatic heterocycles. The van der Waals surface area contributed by atoms with Gasteiger partial charge < -0.3 is 23.7 Å². The summed E-state index contributed by atoms with van der Waals surface area (Å²) in [6.07, 6.45) is 2.68. The third-order valence-electron chi connectivity index (χ3n) is 5.18. The number of fused-ring (bicyclic) bond motifs is 1. The van der Waals surface area contributed by atoms with E-state index in [1.807, 2.05) is 56.3 Å². The summed E-state index contributed by atoms with van der Waals surface area (Å²) in [6.45, 7) is 4.38. The number of aryl methyl sites for hydroxylation is 1. The summed E-state index contributed by atoms with van der Waals surface area (Å²) >= 11 is 0. The van der Waals surface area contributed by atoms with Crippen molar-refractivity contribution >= 4 is 0 Å². The Bertz CT molecular complexity index is 773. The highest BCUT2D eigenvalue weighted by atomic mass is 16.8. The first-order valence-corrected chi connectivity index (χ1v) is 9.87. The van der Waals surface area contributed by atoms with E-state index in [1.165, 1.54) is 5.56 Å². The quantitative estimate of drug-likeness (QED) is 0.705. The average molecular weight is 384 g/mol. The lowest BCUT2D eigenvalue weighted by Crippen LogP contribution is -2.24. The van der Waals surface area contributed by atoms with E-state index in [9.17, 15) is 0 Å². The van der Waals surface area contributed by atoms with E-state index in [4.69, 9.17) is 23.7 Å². The summed E-state index contributed by atoms with van der Waals surface area (Å²) in [5, 5.41) is 0. The van der Waals surface area contributed by atoms with Gasteiger partial charge in [-0.25, -0.2) is 0 Å². The number of benzene rings is 2. The molecule has 2 aliphatic rings. The van der Waals surface area contributed by atoms with Crippen LogP contribution in [0.5, 0.6) is 11.5 Å². The molecule has 0 N–H and O–H groups in total. The molecular weight excluding hydrogens is 356 g/mol. The molecule has 0 amide bonds. The average Bonchev–Trinajstić information content (AvgIpc) is 3.18. The third-order valence-corrected chi connectivity index (χ3v) is 5.18. The maximum Gasteiger partial charge on any atom is 0.187 e. The van der Waals surface area contributed by atoms with Crippen LogP contribution in [0.3, 0.4) is 0 Å². The van der Waals surface area contributed by atoms with Crippen LogP contribution in [0.4, 0.5) is 0 Å². The first kappa shape index (κ1) is 19.2. The van der Waals surface area contributed by atoms with Crippen molar-refractivity contribution in [2.24, 2.45) is 0 Å². The van der Waals surface area contributed by atoms with Crippen LogP contribution in [-0.4, -0.2) is 31.4 Å². The number of methoxy groups -OCH3 is 1. The lowest BCUT2D eigenvalue weighted by molar-refractivity contribution is -0.205. The number of hydrogen-bond donors (Lipinski definition) is 0. The topological polar surface area (TPSA) is 46.2 Å². The van der Waals surface area contributed by atoms with E-state index >= 15 is 0 Å². The van der Waals surface area contributed by atoms with Crippen molar-refractivity contribution in [3.63, 3.8) is 0 Å². The van der Waals surface area contributed by atoms with Crippen molar-refractivity contribution in [1.29, 1.82) is 0 Å². The predicted molar refractivity (Wildman–Crippen MR) is 105 cm³/mol. The van der Waals surface area contributed by atoms with Gasteiger partial charge in [0.1, 0.15) is 12.7 Å². The van der Waals surface area contributed by atoms with Crippen LogP contribution in [0.15, 0.2) is 48.5 Å². The van der Waals surface area contributed by atoms with Crippen LogP contribution in [0.25, 0.3) is 0 Å². The van der Waals surface area contributed by atoms with Gasteiger partial charge in [-0.05, 0) is 49.9 Å². The molecule has 0 radical (unpaired) electrons. The Morgan fingerprint density at radius 1 is 1.00 bits per heavy atom. The fourth-order valence-electron chi connectivity index (χ4n) is 3.82. The molecule has 2 heterocycles. The second-order valence-corrected chi connectivity index (χ2v) is 7.83. The first-order chi connectivity index (χ1) is 13.5. The normalized spacial score (nSPS) is 25.5. The first-order valence-electron chi connectivity index (χ1n) is 9.87. The fourth-order valence-corrected chi connectivity index (χ4v) is 3.82. The lowest BCUT2D eigenvalue weighted by Gasteiger charge is -2.20. The summed E-state index contributed by atoms with van der Waals surface area (Å²) < 4.78 is 29.2. The zero-order valence-corrected chi connectivity index (χ0v) is 16.7. The Hall–Kier alpha value is -2.08. The summed E-state index contributed by atoms with van der Waals surface area (Å²) in [4.78, 5) is 0. The molecule has 0 aromatic heterocycles. The second-order valence-electron chi connectivity index (χ2n) is 7.83. The van der Waals surface area contributed by atoms with Gasteiger partial charge in [0.25, 0.3) is 0 Å². The molecule has 0 spiro atoms. The van der Waals surface area contributed by atoms with Crippen LogP contribution in [0.2, 0.25) is 0 Å². The summed E-state index contributed by atoms with van der Waals surface area (Å²) in [6, 6.07) is 16.2. The Balaban J connectivity index is 1.31. The summed E-state index contributed by atoms with van der Waals surface area (Å²) in [5.74, 6) is 0.973. The van der Waals surface area contributed by atoms with E-state index in [0.717, 1.165) is 36.3 Å². The molecule has 3 atom stereocenters. The molecule has 2 aromatic rings. The highest BCUT2D eigenvalue weighted by molar-refractivity contribution is 5.43. The molecule has 5 heteroatoms. The van der Waals surface area contributed by atoms with Crippen molar-refractivity contribution in [3.05, 3.63) is 59.7 Å². The highest BCUT2D eigenvalue weighted by Crippen LogP contribution is 2.38. The van der Waals surface area contributed by atoms with Gasteiger partial charge in [-0.2, -0.15) is 0 Å². The van der Waals surface area contributed by atoms with Crippen molar-refractivity contribution in [2.75, 3.05) is 7.11 Å². The van der Waals surface area contributed by atoms with Crippen LogP contribution in [0, 0.1) is 0 Å². The van der Waals surface area contributed by atoms with Gasteiger partial charge in [0, 0.05) is 6.42 Å². The molecule has 2 saturated heterocycles. The molecule has 4 rings (SSSR count). The van der Waals surface area contributed by atoms with E-state index in [1.54, 1.807) is 7.11 Å². The molecule has 0 saturated carbocycles. The molecule has 5 nitrogen and oxygen atoms in total. The largest absolute Gasteiger partial charge is 0.493 e. The zero-order valence-electron chi connectivity index (χ0n) is 16.7. The van der Waals surface area contributed by atoms with Gasteiger partial charge in [0.15, 0.2) is 23.6 Å². The minimum atomic E-state index is -0.538. The second kappa shape index (κ2) is 8.11. The molecule has 28 heavy (non-hydrogen) atoms. The van der Waals surface area contributed by atoms with Crippen molar-refractivity contribution < 1.29 is 23.7 Å². The lowest BCUT2D eigenvalue weighted by atomic mass is 10.0. The highest BCUT2D eigenvalue weighted by Gasteiger charge is 2.48. The predicted octanol–water partition coefficient (Wildman–Crippen LogP) is 4.47. The maximum absolute atomic E-state index is 6.01. The van der Waals surface area contributed by atoms with Gasteiger partial charge in [-0.3, -0.25) is 0 Å². The van der Waals surface area contributed by atoms with Crippen LogP contribution < -0.4 is 9.47 Å². The Morgan fingerprint density at radius 2 is 1.82 bits per heavy atom. The molecule has 0 aliphatic carbocycles. The zero-order chi connectivity index (χ0) is 19.6. The monoisotopic (exact) mass is 384 g/mol. The molecule has 0 unspecified atom stereocenters. The van der Waals surface area contributed by atoms with Crippen LogP contribution >= 0.6 is 0 Å². The SMILES string of the molecule is COc1cc(CC[C@@H]2C[C@H]3OC(C)(C)O[C@H]3O2)ccc1OCc1ccccc1. The summed E-state index contributed by atoms with van der Waals surface area (Å²) in [5.41, 5.74) is 2.33. The van der Waals surface area contributed by atoms with Gasteiger partial charge in [-0.15, -0.1) is 0 Å². The Kier molecular flexibility index (Phi) is 5.58. The van der Waals surface area contributed by atoms with Crippen molar-refractivity contribution in [2.45, 2.75) is 64.0 Å². The maximum atomic E-state index is 6.01.